The fourth-order valence-corrected chi connectivity index (χ4v) is 3.62. The van der Waals surface area contributed by atoms with Gasteiger partial charge in [-0.1, -0.05) is 17.7 Å². The fraction of sp³-hybridized carbons (Fsp3) is 0.312. The van der Waals surface area contributed by atoms with Gasteiger partial charge < -0.3 is 5.11 Å². The van der Waals surface area contributed by atoms with E-state index in [0.717, 1.165) is 40.8 Å². The van der Waals surface area contributed by atoms with Gasteiger partial charge in [-0.05, 0) is 12.1 Å². The molecule has 0 spiro atoms. The maximum Gasteiger partial charge on any atom is 0.356 e. The molecule has 3 aromatic rings. The first-order valence-corrected chi connectivity index (χ1v) is 8.04. The van der Waals surface area contributed by atoms with Gasteiger partial charge in [0, 0.05) is 49.7 Å². The van der Waals surface area contributed by atoms with E-state index in [-0.39, 0.29) is 5.69 Å². The Morgan fingerprint density at radius 2 is 2.29 bits per heavy atom. The van der Waals surface area contributed by atoms with Gasteiger partial charge in [-0.25, -0.2) is 4.79 Å². The Morgan fingerprint density at radius 1 is 1.46 bits per heavy atom. The highest BCUT2D eigenvalue weighted by molar-refractivity contribution is 6.35. The Morgan fingerprint density at radius 3 is 3.08 bits per heavy atom. The largest absolute Gasteiger partial charge is 0.476 e. The van der Waals surface area contributed by atoms with Gasteiger partial charge >= 0.3 is 5.97 Å². The average molecular weight is 346 g/mol. The first-order chi connectivity index (χ1) is 11.5. The molecule has 0 amide bonds. The van der Waals surface area contributed by atoms with Crippen LogP contribution in [0.2, 0.25) is 5.02 Å². The van der Waals surface area contributed by atoms with Crippen LogP contribution < -0.4 is 0 Å². The number of aromatic nitrogens is 4. The van der Waals surface area contributed by atoms with Gasteiger partial charge in [0.25, 0.3) is 0 Å². The highest BCUT2D eigenvalue weighted by atomic mass is 35.5. The zero-order chi connectivity index (χ0) is 16.8. The van der Waals surface area contributed by atoms with E-state index in [2.05, 4.69) is 20.2 Å². The number of aryl methyl sites for hydroxylation is 1. The van der Waals surface area contributed by atoms with Crippen molar-refractivity contribution >= 4 is 28.5 Å². The van der Waals surface area contributed by atoms with Crippen LogP contribution in [-0.4, -0.2) is 42.5 Å². The van der Waals surface area contributed by atoms with Crippen LogP contribution in [0.4, 0.5) is 0 Å². The van der Waals surface area contributed by atoms with E-state index in [4.69, 9.17) is 11.6 Å². The molecule has 2 N–H and O–H groups in total. The lowest BCUT2D eigenvalue weighted by molar-refractivity contribution is 0.0687. The second-order valence-electron chi connectivity index (χ2n) is 6.00. The van der Waals surface area contributed by atoms with E-state index in [1.165, 1.54) is 0 Å². The van der Waals surface area contributed by atoms with Crippen LogP contribution >= 0.6 is 11.6 Å². The lowest BCUT2D eigenvalue weighted by atomic mass is 10.0. The monoisotopic (exact) mass is 345 g/mol. The standard InChI is InChI=1S/C16H16ClN5O2/c1-21-13-4-2-3-10(17)14(13)12(20-21)8-22-6-5-11-9(7-22)15(16(23)24)19-18-11/h2-4H,5-8H2,1H3,(H,18,19)(H,23,24). The van der Waals surface area contributed by atoms with Crippen LogP contribution in [0.3, 0.4) is 0 Å². The first kappa shape index (κ1) is 15.2. The fourth-order valence-electron chi connectivity index (χ4n) is 3.34. The Labute approximate surface area is 142 Å². The number of carbonyl (C=O) groups is 1. The van der Waals surface area contributed by atoms with Crippen molar-refractivity contribution in [1.82, 2.24) is 24.9 Å². The summed E-state index contributed by atoms with van der Waals surface area (Å²) in [5, 5.41) is 22.2. The molecule has 0 fully saturated rings. The van der Waals surface area contributed by atoms with Gasteiger partial charge in [0.1, 0.15) is 0 Å². The van der Waals surface area contributed by atoms with Crippen LogP contribution in [0, 0.1) is 0 Å². The third-order valence-corrected chi connectivity index (χ3v) is 4.80. The second kappa shape index (κ2) is 5.61. The molecule has 8 heteroatoms. The van der Waals surface area contributed by atoms with E-state index in [1.54, 1.807) is 0 Å². The highest BCUT2D eigenvalue weighted by Gasteiger charge is 2.26. The number of carboxylic acids is 1. The number of aromatic amines is 1. The second-order valence-corrected chi connectivity index (χ2v) is 6.41. The van der Waals surface area contributed by atoms with Gasteiger partial charge in [-0.2, -0.15) is 10.2 Å². The molecule has 0 saturated heterocycles. The predicted octanol–water partition coefficient (Wildman–Crippen LogP) is 2.21. The molecule has 0 radical (unpaired) electrons. The van der Waals surface area contributed by atoms with Crippen LogP contribution in [0.1, 0.15) is 27.4 Å². The van der Waals surface area contributed by atoms with Gasteiger partial charge in [0.2, 0.25) is 0 Å². The number of H-pyrrole nitrogens is 1. The van der Waals surface area contributed by atoms with Gasteiger partial charge in [-0.15, -0.1) is 0 Å². The summed E-state index contributed by atoms with van der Waals surface area (Å²) < 4.78 is 1.83. The number of carboxylic acid groups (broad SMARTS) is 1. The Kier molecular flexibility index (Phi) is 3.54. The quantitative estimate of drug-likeness (QED) is 0.760. The molecule has 3 heterocycles. The Hall–Kier alpha value is -2.38. The summed E-state index contributed by atoms with van der Waals surface area (Å²) in [6.07, 6.45) is 0.744. The number of rotatable bonds is 3. The minimum atomic E-state index is -0.999. The lowest BCUT2D eigenvalue weighted by Gasteiger charge is -2.26. The number of nitrogens with zero attached hydrogens (tertiary/aromatic N) is 4. The number of nitrogens with one attached hydrogen (secondary N) is 1. The molecule has 7 nitrogen and oxygen atoms in total. The van der Waals surface area contributed by atoms with Crippen molar-refractivity contribution in [1.29, 1.82) is 0 Å². The summed E-state index contributed by atoms with van der Waals surface area (Å²) in [4.78, 5) is 13.5. The molecule has 0 bridgehead atoms. The van der Waals surface area contributed by atoms with Crippen LogP contribution in [-0.2, 0) is 26.6 Å². The first-order valence-electron chi connectivity index (χ1n) is 7.66. The zero-order valence-electron chi connectivity index (χ0n) is 13.1. The van der Waals surface area contributed by atoms with Crippen molar-refractivity contribution in [2.24, 2.45) is 7.05 Å². The number of aromatic carboxylic acids is 1. The Balaban J connectivity index is 1.65. The minimum Gasteiger partial charge on any atom is -0.476 e. The molecule has 2 aromatic heterocycles. The summed E-state index contributed by atoms with van der Waals surface area (Å²) in [5.41, 5.74) is 3.68. The average Bonchev–Trinajstić information content (AvgIpc) is 3.10. The molecule has 1 aliphatic rings. The van der Waals surface area contributed by atoms with Crippen molar-refractivity contribution in [2.45, 2.75) is 19.5 Å². The van der Waals surface area contributed by atoms with Crippen molar-refractivity contribution in [3.05, 3.63) is 45.9 Å². The van der Waals surface area contributed by atoms with E-state index in [1.807, 2.05) is 29.9 Å². The van der Waals surface area contributed by atoms with Gasteiger partial charge in [-0.3, -0.25) is 14.7 Å². The van der Waals surface area contributed by atoms with Gasteiger partial charge in [0.05, 0.1) is 16.2 Å². The topological polar surface area (TPSA) is 87.0 Å². The number of halogens is 1. The van der Waals surface area contributed by atoms with E-state index >= 15 is 0 Å². The molecule has 0 aliphatic carbocycles. The molecular formula is C16H16ClN5O2. The minimum absolute atomic E-state index is 0.110. The maximum atomic E-state index is 11.3. The maximum absolute atomic E-state index is 11.3. The normalized spacial score (nSPS) is 14.9. The summed E-state index contributed by atoms with van der Waals surface area (Å²) >= 11 is 6.36. The number of fused-ring (bicyclic) bond motifs is 2. The van der Waals surface area contributed by atoms with Crippen molar-refractivity contribution < 1.29 is 9.90 Å². The molecule has 24 heavy (non-hydrogen) atoms. The molecule has 124 valence electrons. The van der Waals surface area contributed by atoms with Crippen LogP contribution in [0.5, 0.6) is 0 Å². The molecule has 4 rings (SSSR count). The SMILES string of the molecule is Cn1nc(CN2CCc3[nH]nc(C(=O)O)c3C2)c2c(Cl)cccc21. The number of benzene rings is 1. The molecule has 1 aliphatic heterocycles. The molecule has 0 saturated carbocycles. The predicted molar refractivity (Wildman–Crippen MR) is 89.1 cm³/mol. The number of hydrogen-bond donors (Lipinski definition) is 2. The zero-order valence-corrected chi connectivity index (χ0v) is 13.8. The van der Waals surface area contributed by atoms with Crippen molar-refractivity contribution in [3.63, 3.8) is 0 Å². The highest BCUT2D eigenvalue weighted by Crippen LogP contribution is 2.29. The third kappa shape index (κ3) is 2.37. The summed E-state index contributed by atoms with van der Waals surface area (Å²) in [6.45, 7) is 1.97. The van der Waals surface area contributed by atoms with Crippen molar-refractivity contribution in [2.75, 3.05) is 6.54 Å². The molecular weight excluding hydrogens is 330 g/mol. The molecule has 0 atom stereocenters. The molecule has 1 aromatic carbocycles. The molecule has 0 unspecified atom stereocenters. The summed E-state index contributed by atoms with van der Waals surface area (Å²) in [6, 6.07) is 5.76. The Bertz CT molecular complexity index is 945. The van der Waals surface area contributed by atoms with Crippen LogP contribution in [0.15, 0.2) is 18.2 Å². The van der Waals surface area contributed by atoms with Gasteiger partial charge in [0.15, 0.2) is 5.69 Å². The van der Waals surface area contributed by atoms with E-state index in [9.17, 15) is 9.90 Å². The van der Waals surface area contributed by atoms with Crippen LogP contribution in [0.25, 0.3) is 10.9 Å². The number of hydrogen-bond acceptors (Lipinski definition) is 4. The van der Waals surface area contributed by atoms with E-state index in [0.29, 0.717) is 18.1 Å². The third-order valence-electron chi connectivity index (χ3n) is 4.49. The van der Waals surface area contributed by atoms with Crippen molar-refractivity contribution in [3.8, 4) is 0 Å². The summed E-state index contributed by atoms with van der Waals surface area (Å²) in [7, 11) is 1.90. The lowest BCUT2D eigenvalue weighted by Crippen LogP contribution is -2.30. The smallest absolute Gasteiger partial charge is 0.356 e. The van der Waals surface area contributed by atoms with E-state index < -0.39 is 5.97 Å². The summed E-state index contributed by atoms with van der Waals surface area (Å²) in [5.74, 6) is -0.999.